The summed E-state index contributed by atoms with van der Waals surface area (Å²) in [7, 11) is -1.35. The van der Waals surface area contributed by atoms with Gasteiger partial charge in [0.15, 0.2) is 0 Å². The third kappa shape index (κ3) is 3.98. The molecule has 1 atom stereocenters. The Kier molecular flexibility index (Phi) is 3.52. The molecule has 0 saturated heterocycles. The van der Waals surface area contributed by atoms with Crippen LogP contribution in [0, 0.1) is 0 Å². The van der Waals surface area contributed by atoms with E-state index in [0.29, 0.717) is 0 Å². The first-order chi connectivity index (χ1) is 4.88. The second-order valence-electron chi connectivity index (χ2n) is 3.81. The third-order valence-corrected chi connectivity index (χ3v) is 4.46. The molecule has 0 saturated carbocycles. The van der Waals surface area contributed by atoms with Crippen LogP contribution in [0.2, 0.25) is 25.2 Å². The average Bonchev–Trinajstić information content (AvgIpc) is 1.79. The molecule has 0 aromatic rings. The first-order valence-corrected chi connectivity index (χ1v) is 7.30. The first-order valence-electron chi connectivity index (χ1n) is 3.72. The Hall–Kier alpha value is -0.573. The van der Waals surface area contributed by atoms with E-state index in [1.54, 1.807) is 6.08 Å². The SMILES string of the molecule is C=C[C@@H](CC(=O)O)[Si](C)(C)C. The molecule has 0 aromatic heterocycles. The Morgan fingerprint density at radius 1 is 1.64 bits per heavy atom. The zero-order valence-corrected chi connectivity index (χ0v) is 8.42. The number of hydrogen-bond acceptors (Lipinski definition) is 1. The van der Waals surface area contributed by atoms with E-state index in [4.69, 9.17) is 5.11 Å². The lowest BCUT2D eigenvalue weighted by molar-refractivity contribution is -0.136. The van der Waals surface area contributed by atoms with Crippen molar-refractivity contribution in [2.24, 2.45) is 0 Å². The molecule has 0 radical (unpaired) electrons. The lowest BCUT2D eigenvalue weighted by Gasteiger charge is -2.23. The highest BCUT2D eigenvalue weighted by Gasteiger charge is 2.25. The predicted molar refractivity (Wildman–Crippen MR) is 49.5 cm³/mol. The van der Waals surface area contributed by atoms with Crippen LogP contribution in [-0.4, -0.2) is 19.1 Å². The summed E-state index contributed by atoms with van der Waals surface area (Å²) in [5.41, 5.74) is 0.194. The molecule has 0 fully saturated rings. The van der Waals surface area contributed by atoms with Gasteiger partial charge < -0.3 is 5.11 Å². The van der Waals surface area contributed by atoms with Crippen molar-refractivity contribution in [1.29, 1.82) is 0 Å². The maximum absolute atomic E-state index is 10.4. The zero-order valence-electron chi connectivity index (χ0n) is 7.42. The number of allylic oxidation sites excluding steroid dienone is 1. The van der Waals surface area contributed by atoms with Gasteiger partial charge in [-0.05, 0) is 5.54 Å². The summed E-state index contributed by atoms with van der Waals surface area (Å²) in [5, 5.41) is 8.55. The highest BCUT2D eigenvalue weighted by atomic mass is 28.3. The van der Waals surface area contributed by atoms with Gasteiger partial charge in [0.25, 0.3) is 0 Å². The molecule has 64 valence electrons. The molecule has 0 aromatic carbocycles. The quantitative estimate of drug-likeness (QED) is 0.522. The molecule has 0 amide bonds. The number of carboxylic acid groups (broad SMARTS) is 1. The van der Waals surface area contributed by atoms with Crippen molar-refractivity contribution in [3.63, 3.8) is 0 Å². The summed E-state index contributed by atoms with van der Waals surface area (Å²) in [5.74, 6) is -0.725. The fourth-order valence-corrected chi connectivity index (χ4v) is 2.43. The van der Waals surface area contributed by atoms with Crippen molar-refractivity contribution < 1.29 is 9.90 Å². The molecule has 0 aliphatic carbocycles. The van der Waals surface area contributed by atoms with E-state index in [1.807, 2.05) is 0 Å². The Morgan fingerprint density at radius 2 is 2.09 bits per heavy atom. The summed E-state index contributed by atoms with van der Waals surface area (Å²) in [6.07, 6.45) is 2.01. The van der Waals surface area contributed by atoms with E-state index < -0.39 is 14.0 Å². The van der Waals surface area contributed by atoms with Crippen LogP contribution in [0.4, 0.5) is 0 Å². The molecule has 1 N–H and O–H groups in total. The Balaban J connectivity index is 4.18. The molecule has 0 unspecified atom stereocenters. The van der Waals surface area contributed by atoms with E-state index in [2.05, 4.69) is 26.2 Å². The molecule has 2 nitrogen and oxygen atoms in total. The standard InChI is InChI=1S/C8H16O2Si/c1-5-7(6-8(9)10)11(2,3)4/h5,7H,1,6H2,2-4H3,(H,9,10)/t7-/m0/s1. The molecule has 0 aliphatic rings. The van der Waals surface area contributed by atoms with Gasteiger partial charge in [-0.2, -0.15) is 0 Å². The molecule has 0 aliphatic heterocycles. The zero-order chi connectivity index (χ0) is 9.07. The lowest BCUT2D eigenvalue weighted by Crippen LogP contribution is -2.28. The molecule has 11 heavy (non-hydrogen) atoms. The highest BCUT2D eigenvalue weighted by Crippen LogP contribution is 2.25. The van der Waals surface area contributed by atoms with E-state index in [9.17, 15) is 4.79 Å². The molecular formula is C8H16O2Si. The normalized spacial score (nSPS) is 14.1. The summed E-state index contributed by atoms with van der Waals surface area (Å²) in [6.45, 7) is 10.1. The second-order valence-corrected chi connectivity index (χ2v) is 9.28. The molecular weight excluding hydrogens is 156 g/mol. The van der Waals surface area contributed by atoms with E-state index >= 15 is 0 Å². The van der Waals surface area contributed by atoms with E-state index in [0.717, 1.165) is 0 Å². The van der Waals surface area contributed by atoms with E-state index in [-0.39, 0.29) is 12.0 Å². The van der Waals surface area contributed by atoms with Crippen LogP contribution in [0.5, 0.6) is 0 Å². The van der Waals surface area contributed by atoms with Crippen LogP contribution in [-0.2, 0) is 4.79 Å². The monoisotopic (exact) mass is 172 g/mol. The van der Waals surface area contributed by atoms with Crippen LogP contribution in [0.25, 0.3) is 0 Å². The molecule has 0 heterocycles. The first kappa shape index (κ1) is 10.4. The topological polar surface area (TPSA) is 37.3 Å². The van der Waals surface area contributed by atoms with Gasteiger partial charge in [-0.15, -0.1) is 6.58 Å². The van der Waals surface area contributed by atoms with Crippen molar-refractivity contribution in [2.45, 2.75) is 31.6 Å². The van der Waals surface area contributed by atoms with E-state index in [1.165, 1.54) is 0 Å². The van der Waals surface area contributed by atoms with Crippen LogP contribution in [0.3, 0.4) is 0 Å². The van der Waals surface area contributed by atoms with Crippen LogP contribution in [0.1, 0.15) is 6.42 Å². The summed E-state index contributed by atoms with van der Waals surface area (Å²) >= 11 is 0. The minimum absolute atomic E-state index is 0.194. The Morgan fingerprint density at radius 3 is 2.18 bits per heavy atom. The fraction of sp³-hybridized carbons (Fsp3) is 0.625. The van der Waals surface area contributed by atoms with Gasteiger partial charge >= 0.3 is 5.97 Å². The van der Waals surface area contributed by atoms with Gasteiger partial charge in [-0.1, -0.05) is 25.7 Å². The van der Waals surface area contributed by atoms with Crippen molar-refractivity contribution in [3.05, 3.63) is 12.7 Å². The average molecular weight is 172 g/mol. The van der Waals surface area contributed by atoms with Gasteiger partial charge in [0.05, 0.1) is 8.07 Å². The number of carbonyl (C=O) groups is 1. The largest absolute Gasteiger partial charge is 0.481 e. The number of carboxylic acids is 1. The highest BCUT2D eigenvalue weighted by molar-refractivity contribution is 6.78. The Bertz CT molecular complexity index is 158. The molecule has 3 heteroatoms. The Labute approximate surface area is 68.9 Å². The van der Waals surface area contributed by atoms with Gasteiger partial charge in [-0.25, -0.2) is 0 Å². The number of rotatable bonds is 4. The summed E-state index contributed by atoms with van der Waals surface area (Å²) in [6, 6.07) is 0. The summed E-state index contributed by atoms with van der Waals surface area (Å²) in [4.78, 5) is 10.4. The van der Waals surface area contributed by atoms with Crippen molar-refractivity contribution >= 4 is 14.0 Å². The summed E-state index contributed by atoms with van der Waals surface area (Å²) < 4.78 is 0. The molecule has 0 spiro atoms. The minimum Gasteiger partial charge on any atom is -0.481 e. The fourth-order valence-electron chi connectivity index (χ4n) is 0.931. The number of hydrogen-bond donors (Lipinski definition) is 1. The lowest BCUT2D eigenvalue weighted by atomic mass is 10.3. The minimum atomic E-state index is -1.35. The van der Waals surface area contributed by atoms with Gasteiger partial charge in [0.1, 0.15) is 0 Å². The van der Waals surface area contributed by atoms with Gasteiger partial charge in [0.2, 0.25) is 0 Å². The third-order valence-electron chi connectivity index (χ3n) is 1.79. The van der Waals surface area contributed by atoms with Crippen LogP contribution in [0.15, 0.2) is 12.7 Å². The van der Waals surface area contributed by atoms with Crippen molar-refractivity contribution in [1.82, 2.24) is 0 Å². The van der Waals surface area contributed by atoms with Crippen LogP contribution >= 0.6 is 0 Å². The van der Waals surface area contributed by atoms with Gasteiger partial charge in [-0.3, -0.25) is 4.79 Å². The van der Waals surface area contributed by atoms with Crippen molar-refractivity contribution in [2.75, 3.05) is 0 Å². The maximum Gasteiger partial charge on any atom is 0.303 e. The maximum atomic E-state index is 10.4. The second kappa shape index (κ2) is 3.71. The predicted octanol–water partition coefficient (Wildman–Crippen LogP) is 2.36. The van der Waals surface area contributed by atoms with Crippen LogP contribution < -0.4 is 0 Å². The smallest absolute Gasteiger partial charge is 0.303 e. The molecule has 0 bridgehead atoms. The number of aliphatic carboxylic acids is 1. The van der Waals surface area contributed by atoms with Crippen molar-refractivity contribution in [3.8, 4) is 0 Å². The molecule has 0 rings (SSSR count). The van der Waals surface area contributed by atoms with Gasteiger partial charge in [0, 0.05) is 6.42 Å².